The van der Waals surface area contributed by atoms with Gasteiger partial charge in [-0.2, -0.15) is 0 Å². The number of aromatic nitrogens is 1. The molecule has 1 aliphatic carbocycles. The quantitative estimate of drug-likeness (QED) is 0.591. The molecule has 3 aromatic rings. The Morgan fingerprint density at radius 2 is 1.72 bits per heavy atom. The van der Waals surface area contributed by atoms with Crippen LogP contribution in [-0.4, -0.2) is 24.8 Å². The van der Waals surface area contributed by atoms with Crippen molar-refractivity contribution < 1.29 is 14.2 Å². The smallest absolute Gasteiger partial charge is 0.255 e. The van der Waals surface area contributed by atoms with Gasteiger partial charge in [-0.3, -0.25) is 4.79 Å². The van der Waals surface area contributed by atoms with Crippen LogP contribution in [0, 0.1) is 17.8 Å². The van der Waals surface area contributed by atoms with Gasteiger partial charge in [0.25, 0.3) is 5.56 Å². The van der Waals surface area contributed by atoms with Gasteiger partial charge in [0.05, 0.1) is 25.3 Å². The number of para-hydroxylation sites is 1. The first-order valence-corrected chi connectivity index (χ1v) is 11.3. The molecular weight excluding hydrogens is 402 g/mol. The molecule has 0 unspecified atom stereocenters. The molecule has 2 heterocycles. The summed E-state index contributed by atoms with van der Waals surface area (Å²) in [4.78, 5) is 16.5. The summed E-state index contributed by atoms with van der Waals surface area (Å²) in [6, 6.07) is 14.1. The van der Waals surface area contributed by atoms with E-state index in [2.05, 4.69) is 44.8 Å². The summed E-state index contributed by atoms with van der Waals surface area (Å²) in [5.74, 6) is 3.51. The number of hydrogen-bond acceptors (Lipinski definition) is 4. The molecule has 4 atom stereocenters. The molecule has 32 heavy (non-hydrogen) atoms. The Hall–Kier alpha value is -2.95. The molecule has 5 heteroatoms. The van der Waals surface area contributed by atoms with Gasteiger partial charge in [0.15, 0.2) is 11.5 Å². The zero-order valence-electron chi connectivity index (χ0n) is 19.6. The number of fused-ring (bicyclic) bond motifs is 5. The zero-order chi connectivity index (χ0) is 22.8. The number of ether oxygens (including phenoxy) is 3. The molecular formula is C27H31NO4. The van der Waals surface area contributed by atoms with Crippen LogP contribution in [0.3, 0.4) is 0 Å². The SMILES string of the molecule is COc1ccc([C@H]2[C@H]3c4c(c5ccccc5[nH]c4=O)OC(C)(C)[C@H]3[C@@H]2C(C)C)cc1OC. The average Bonchev–Trinajstić information content (AvgIpc) is 2.73. The fourth-order valence-corrected chi connectivity index (χ4v) is 6.33. The minimum absolute atomic E-state index is 0.0446. The van der Waals surface area contributed by atoms with E-state index in [0.29, 0.717) is 17.6 Å². The Kier molecular flexibility index (Phi) is 4.77. The summed E-state index contributed by atoms with van der Waals surface area (Å²) in [7, 11) is 3.31. The van der Waals surface area contributed by atoms with Crippen LogP contribution < -0.4 is 19.8 Å². The lowest BCUT2D eigenvalue weighted by atomic mass is 9.45. The lowest BCUT2D eigenvalue weighted by Crippen LogP contribution is -2.60. The molecule has 1 fully saturated rings. The van der Waals surface area contributed by atoms with E-state index in [1.165, 1.54) is 5.56 Å². The molecule has 0 amide bonds. The maximum atomic E-state index is 13.4. The topological polar surface area (TPSA) is 60.6 Å². The summed E-state index contributed by atoms with van der Waals surface area (Å²) >= 11 is 0. The third-order valence-electron chi connectivity index (χ3n) is 7.58. The number of methoxy groups -OCH3 is 2. The number of nitrogens with one attached hydrogen (secondary N) is 1. The predicted molar refractivity (Wildman–Crippen MR) is 126 cm³/mol. The standard InChI is InChI=1S/C27H31NO4/c1-14(2)20-21(15-11-12-18(30-5)19(13-15)31-6)22-23-25(32-27(3,4)24(20)22)16-9-7-8-10-17(16)28-26(23)29/h7-14,20-22,24H,1-6H3,(H,28,29)/t20-,21-,22+,24+/m1/s1. The molecule has 0 radical (unpaired) electrons. The summed E-state index contributed by atoms with van der Waals surface area (Å²) in [6.45, 7) is 8.88. The van der Waals surface area contributed by atoms with Crippen LogP contribution in [0.5, 0.6) is 17.2 Å². The first-order chi connectivity index (χ1) is 15.3. The van der Waals surface area contributed by atoms with Gasteiger partial charge in [0.2, 0.25) is 0 Å². The second-order valence-electron chi connectivity index (χ2n) is 9.96. The third kappa shape index (κ3) is 2.86. The van der Waals surface area contributed by atoms with Gasteiger partial charge in [-0.1, -0.05) is 32.0 Å². The van der Waals surface area contributed by atoms with Crippen LogP contribution in [0.4, 0.5) is 0 Å². The summed E-state index contributed by atoms with van der Waals surface area (Å²) in [5.41, 5.74) is 2.35. The number of pyridine rings is 1. The van der Waals surface area contributed by atoms with Gasteiger partial charge in [0.1, 0.15) is 11.4 Å². The molecule has 5 rings (SSSR count). The highest BCUT2D eigenvalue weighted by molar-refractivity contribution is 5.87. The van der Waals surface area contributed by atoms with Gasteiger partial charge in [0, 0.05) is 17.2 Å². The fourth-order valence-electron chi connectivity index (χ4n) is 6.33. The minimum Gasteiger partial charge on any atom is -0.493 e. The monoisotopic (exact) mass is 433 g/mol. The third-order valence-corrected chi connectivity index (χ3v) is 7.58. The normalized spacial score (nSPS) is 25.5. The van der Waals surface area contributed by atoms with Crippen molar-refractivity contribution in [3.05, 3.63) is 63.9 Å². The Morgan fingerprint density at radius 1 is 1.00 bits per heavy atom. The maximum Gasteiger partial charge on any atom is 0.255 e. The van der Waals surface area contributed by atoms with Crippen molar-refractivity contribution in [1.29, 1.82) is 0 Å². The molecule has 1 aliphatic heterocycles. The van der Waals surface area contributed by atoms with Crippen molar-refractivity contribution >= 4 is 10.9 Å². The molecule has 0 spiro atoms. The molecule has 1 saturated carbocycles. The highest BCUT2D eigenvalue weighted by Gasteiger charge is 2.62. The van der Waals surface area contributed by atoms with Crippen molar-refractivity contribution in [2.24, 2.45) is 17.8 Å². The predicted octanol–water partition coefficient (Wildman–Crippen LogP) is 5.49. The highest BCUT2D eigenvalue weighted by atomic mass is 16.5. The minimum atomic E-state index is -0.379. The number of aromatic amines is 1. The highest BCUT2D eigenvalue weighted by Crippen LogP contribution is 2.67. The average molecular weight is 434 g/mol. The first kappa shape index (κ1) is 20.9. The number of rotatable bonds is 4. The van der Waals surface area contributed by atoms with Crippen LogP contribution in [0.25, 0.3) is 10.9 Å². The second-order valence-corrected chi connectivity index (χ2v) is 9.96. The van der Waals surface area contributed by atoms with Crippen LogP contribution in [0.15, 0.2) is 47.3 Å². The fraction of sp³-hybridized carbons (Fsp3) is 0.444. The van der Waals surface area contributed by atoms with Crippen LogP contribution in [0.1, 0.15) is 50.7 Å². The largest absolute Gasteiger partial charge is 0.493 e. The number of hydrogen-bond donors (Lipinski definition) is 1. The van der Waals surface area contributed by atoms with Crippen LogP contribution >= 0.6 is 0 Å². The Bertz CT molecular complexity index is 1240. The van der Waals surface area contributed by atoms with E-state index in [0.717, 1.165) is 28.0 Å². The van der Waals surface area contributed by atoms with Gasteiger partial charge < -0.3 is 19.2 Å². The second kappa shape index (κ2) is 7.29. The first-order valence-electron chi connectivity index (χ1n) is 11.3. The van der Waals surface area contributed by atoms with Gasteiger partial charge >= 0.3 is 0 Å². The summed E-state index contributed by atoms with van der Waals surface area (Å²) in [6.07, 6.45) is 0. The van der Waals surface area contributed by atoms with Crippen LogP contribution in [0.2, 0.25) is 0 Å². The van der Waals surface area contributed by atoms with E-state index in [4.69, 9.17) is 14.2 Å². The number of H-pyrrole nitrogens is 1. The molecule has 2 aliphatic rings. The molecule has 1 aromatic heterocycles. The van der Waals surface area contributed by atoms with E-state index in [9.17, 15) is 4.79 Å². The summed E-state index contributed by atoms with van der Waals surface area (Å²) in [5, 5.41) is 0.965. The molecule has 1 N–H and O–H groups in total. The lowest BCUT2D eigenvalue weighted by Gasteiger charge is -2.62. The lowest BCUT2D eigenvalue weighted by molar-refractivity contribution is -0.104. The van der Waals surface area contributed by atoms with E-state index < -0.39 is 0 Å². The van der Waals surface area contributed by atoms with Crippen molar-refractivity contribution in [2.75, 3.05) is 14.2 Å². The Labute approximate surface area is 188 Å². The van der Waals surface area contributed by atoms with Crippen molar-refractivity contribution in [3.8, 4) is 17.2 Å². The van der Waals surface area contributed by atoms with Gasteiger partial charge in [-0.25, -0.2) is 0 Å². The molecule has 168 valence electrons. The van der Waals surface area contributed by atoms with Gasteiger partial charge in [-0.15, -0.1) is 0 Å². The van der Waals surface area contributed by atoms with E-state index in [1.54, 1.807) is 14.2 Å². The molecule has 0 saturated heterocycles. The molecule has 2 aromatic carbocycles. The van der Waals surface area contributed by atoms with Gasteiger partial charge in [-0.05, 0) is 61.4 Å². The molecule has 5 nitrogen and oxygen atoms in total. The number of benzene rings is 2. The van der Waals surface area contributed by atoms with Crippen molar-refractivity contribution in [1.82, 2.24) is 4.98 Å². The zero-order valence-corrected chi connectivity index (χ0v) is 19.6. The van der Waals surface area contributed by atoms with Crippen molar-refractivity contribution in [3.63, 3.8) is 0 Å². The molecule has 0 bridgehead atoms. The van der Waals surface area contributed by atoms with E-state index in [1.807, 2.05) is 30.3 Å². The van der Waals surface area contributed by atoms with Crippen LogP contribution in [-0.2, 0) is 0 Å². The maximum absolute atomic E-state index is 13.4. The van der Waals surface area contributed by atoms with Crippen molar-refractivity contribution in [2.45, 2.75) is 45.1 Å². The Morgan fingerprint density at radius 3 is 2.41 bits per heavy atom. The van der Waals surface area contributed by atoms with E-state index >= 15 is 0 Å². The Balaban J connectivity index is 1.74. The summed E-state index contributed by atoms with van der Waals surface area (Å²) < 4.78 is 17.7. The van der Waals surface area contributed by atoms with E-state index in [-0.39, 0.29) is 28.9 Å².